The van der Waals surface area contributed by atoms with Gasteiger partial charge in [-0.1, -0.05) is 36.6 Å². The molecule has 1 unspecified atom stereocenters. The van der Waals surface area contributed by atoms with Crippen molar-refractivity contribution in [2.45, 2.75) is 57.5 Å². The third-order valence-electron chi connectivity index (χ3n) is 6.20. The van der Waals surface area contributed by atoms with E-state index in [1.807, 2.05) is 18.2 Å². The second-order valence-corrected chi connectivity index (χ2v) is 12.1. The minimum atomic E-state index is -3.62. The van der Waals surface area contributed by atoms with Crippen LogP contribution < -0.4 is 0 Å². The number of benzene rings is 2. The molecule has 0 N–H and O–H groups in total. The lowest BCUT2D eigenvalue weighted by Crippen LogP contribution is -2.11. The molecule has 8 heteroatoms. The maximum Gasteiger partial charge on any atom is 0.339 e. The summed E-state index contributed by atoms with van der Waals surface area (Å²) >= 11 is 7.85. The van der Waals surface area contributed by atoms with Crippen LogP contribution in [0.25, 0.3) is 10.1 Å². The summed E-state index contributed by atoms with van der Waals surface area (Å²) in [4.78, 5) is 0.939. The van der Waals surface area contributed by atoms with Crippen molar-refractivity contribution in [1.29, 1.82) is 0 Å². The highest BCUT2D eigenvalue weighted by atomic mass is 35.5. The lowest BCUT2D eigenvalue weighted by Gasteiger charge is -2.28. The predicted molar refractivity (Wildman–Crippen MR) is 132 cm³/mol. The molecule has 0 radical (unpaired) electrons. The van der Waals surface area contributed by atoms with Gasteiger partial charge in [0.25, 0.3) is 0 Å². The van der Waals surface area contributed by atoms with E-state index in [-0.39, 0.29) is 19.6 Å². The first-order valence-electron chi connectivity index (χ1n) is 11.4. The minimum Gasteiger partial charge on any atom is -0.308 e. The van der Waals surface area contributed by atoms with E-state index in [0.29, 0.717) is 16.5 Å². The summed E-state index contributed by atoms with van der Waals surface area (Å²) in [5.74, 6) is -1.48. The van der Waals surface area contributed by atoms with Crippen molar-refractivity contribution in [2.75, 3.05) is 13.2 Å². The van der Waals surface area contributed by atoms with E-state index in [9.17, 15) is 13.3 Å². The van der Waals surface area contributed by atoms with E-state index < -0.39 is 24.9 Å². The van der Waals surface area contributed by atoms with Crippen LogP contribution in [-0.2, 0) is 20.0 Å². The van der Waals surface area contributed by atoms with Crippen molar-refractivity contribution in [1.82, 2.24) is 0 Å². The summed E-state index contributed by atoms with van der Waals surface area (Å²) in [6.07, 6.45) is 4.64. The Kier molecular flexibility index (Phi) is 7.92. The quantitative estimate of drug-likeness (QED) is 0.268. The van der Waals surface area contributed by atoms with Crippen molar-refractivity contribution in [2.24, 2.45) is 0 Å². The van der Waals surface area contributed by atoms with Gasteiger partial charge in [0.15, 0.2) is 11.6 Å². The Morgan fingerprint density at radius 1 is 1.06 bits per heavy atom. The van der Waals surface area contributed by atoms with Crippen LogP contribution in [0.3, 0.4) is 0 Å². The molecule has 4 rings (SSSR count). The van der Waals surface area contributed by atoms with E-state index in [1.54, 1.807) is 25.2 Å². The number of hydrogen-bond acceptors (Lipinski definition) is 4. The van der Waals surface area contributed by atoms with Gasteiger partial charge in [0.1, 0.15) is 0 Å². The highest BCUT2D eigenvalue weighted by Crippen LogP contribution is 2.65. The van der Waals surface area contributed by atoms with Gasteiger partial charge in [0.05, 0.1) is 18.9 Å². The molecule has 1 heterocycles. The minimum absolute atomic E-state index is 0.217. The van der Waals surface area contributed by atoms with Crippen LogP contribution in [0.4, 0.5) is 8.78 Å². The van der Waals surface area contributed by atoms with Crippen molar-refractivity contribution in [3.63, 3.8) is 0 Å². The fourth-order valence-electron chi connectivity index (χ4n) is 4.81. The van der Waals surface area contributed by atoms with E-state index >= 15 is 0 Å². The highest BCUT2D eigenvalue weighted by Gasteiger charge is 2.41. The third kappa shape index (κ3) is 5.21. The molecule has 0 amide bonds. The van der Waals surface area contributed by atoms with Gasteiger partial charge in [0, 0.05) is 14.6 Å². The molecule has 0 saturated heterocycles. The molecular formula is C25H28ClF2O3PS. The average Bonchev–Trinajstić information content (AvgIpc) is 3.41. The summed E-state index contributed by atoms with van der Waals surface area (Å²) < 4.78 is 54.4. The summed E-state index contributed by atoms with van der Waals surface area (Å²) in [6, 6.07) is 9.66. The van der Waals surface area contributed by atoms with Gasteiger partial charge in [-0.2, -0.15) is 0 Å². The van der Waals surface area contributed by atoms with Gasteiger partial charge in [0.2, 0.25) is 0 Å². The summed E-state index contributed by atoms with van der Waals surface area (Å²) in [7, 11) is -3.62. The normalized spacial score (nSPS) is 16.0. The third-order valence-corrected chi connectivity index (χ3v) is 10.3. The molecule has 2 aromatic carbocycles. The van der Waals surface area contributed by atoms with Gasteiger partial charge in [-0.15, -0.1) is 11.3 Å². The zero-order chi connectivity index (χ0) is 23.6. The van der Waals surface area contributed by atoms with Crippen molar-refractivity contribution >= 4 is 40.6 Å². The van der Waals surface area contributed by atoms with Crippen LogP contribution in [0.15, 0.2) is 36.4 Å². The fraction of sp³-hybridized carbons (Fsp3) is 0.440. The first-order valence-corrected chi connectivity index (χ1v) is 14.2. The molecule has 0 spiro atoms. The monoisotopic (exact) mass is 512 g/mol. The van der Waals surface area contributed by atoms with Crippen LogP contribution >= 0.6 is 30.5 Å². The van der Waals surface area contributed by atoms with E-state index in [4.69, 9.17) is 20.6 Å². The molecule has 1 fully saturated rings. The first kappa shape index (κ1) is 24.8. The van der Waals surface area contributed by atoms with Gasteiger partial charge in [-0.05, 0) is 79.8 Å². The van der Waals surface area contributed by atoms with Crippen LogP contribution in [0, 0.1) is 11.6 Å². The molecule has 1 aliphatic carbocycles. The molecule has 1 aromatic heterocycles. The fourth-order valence-corrected chi connectivity index (χ4v) is 8.92. The van der Waals surface area contributed by atoms with Gasteiger partial charge in [-0.3, -0.25) is 4.57 Å². The van der Waals surface area contributed by atoms with Crippen LogP contribution in [0.1, 0.15) is 67.1 Å². The van der Waals surface area contributed by atoms with Crippen molar-refractivity contribution in [3.05, 3.63) is 69.1 Å². The number of hydrogen-bond donors (Lipinski definition) is 0. The van der Waals surface area contributed by atoms with Crippen LogP contribution in [0.2, 0.25) is 5.02 Å². The Hall–Kier alpha value is -1.30. The smallest absolute Gasteiger partial charge is 0.308 e. The molecule has 1 atom stereocenters. The predicted octanol–water partition coefficient (Wildman–Crippen LogP) is 9.04. The molecule has 3 nitrogen and oxygen atoms in total. The van der Waals surface area contributed by atoms with Crippen LogP contribution in [-0.4, -0.2) is 13.2 Å². The SMILES string of the molecule is CCOP(=O)(OCC)C(Cc1ccc(F)c(F)c1)c1sc2cc(Cl)ccc2c1C1CCCC1. The maximum atomic E-state index is 14.1. The van der Waals surface area contributed by atoms with E-state index in [0.717, 1.165) is 46.7 Å². The molecule has 1 saturated carbocycles. The number of rotatable bonds is 9. The lowest BCUT2D eigenvalue weighted by atomic mass is 9.92. The largest absolute Gasteiger partial charge is 0.339 e. The van der Waals surface area contributed by atoms with Gasteiger partial charge in [-0.25, -0.2) is 8.78 Å². The Morgan fingerprint density at radius 3 is 2.39 bits per heavy atom. The molecule has 3 aromatic rings. The molecule has 33 heavy (non-hydrogen) atoms. The number of fused-ring (bicyclic) bond motifs is 1. The lowest BCUT2D eigenvalue weighted by molar-refractivity contribution is 0.212. The molecule has 0 aliphatic heterocycles. The molecular weight excluding hydrogens is 485 g/mol. The highest BCUT2D eigenvalue weighted by molar-refractivity contribution is 7.54. The topological polar surface area (TPSA) is 35.5 Å². The average molecular weight is 513 g/mol. The van der Waals surface area contributed by atoms with E-state index in [2.05, 4.69) is 0 Å². The maximum absolute atomic E-state index is 14.1. The Bertz CT molecular complexity index is 1170. The van der Waals surface area contributed by atoms with Crippen molar-refractivity contribution < 1.29 is 22.4 Å². The summed E-state index contributed by atoms with van der Waals surface area (Å²) in [5.41, 5.74) is 1.09. The summed E-state index contributed by atoms with van der Waals surface area (Å²) in [5, 5.41) is 1.75. The molecule has 178 valence electrons. The van der Waals surface area contributed by atoms with Gasteiger partial charge >= 0.3 is 7.60 Å². The number of halogens is 3. The Morgan fingerprint density at radius 2 is 1.76 bits per heavy atom. The first-order chi connectivity index (χ1) is 15.9. The Balaban J connectivity index is 1.91. The Labute approximate surface area is 202 Å². The zero-order valence-corrected chi connectivity index (χ0v) is 21.2. The second kappa shape index (κ2) is 10.5. The van der Waals surface area contributed by atoms with E-state index in [1.165, 1.54) is 17.7 Å². The van der Waals surface area contributed by atoms with Crippen LogP contribution in [0.5, 0.6) is 0 Å². The molecule has 1 aliphatic rings. The van der Waals surface area contributed by atoms with Crippen molar-refractivity contribution in [3.8, 4) is 0 Å². The summed E-state index contributed by atoms with van der Waals surface area (Å²) in [6.45, 7) is 4.01. The number of thiophene rings is 1. The standard InChI is InChI=1S/C25H28ClF2O3PS/c1-3-30-32(29,31-4-2)22(14-16-9-12-20(27)21(28)13-16)25-24(17-7-5-6-8-17)19-11-10-18(26)15-23(19)33-25/h9-13,15,17,22H,3-8,14H2,1-2H3. The molecule has 0 bridgehead atoms. The zero-order valence-electron chi connectivity index (χ0n) is 18.8. The van der Waals surface area contributed by atoms with Gasteiger partial charge < -0.3 is 9.05 Å². The second-order valence-electron chi connectivity index (χ2n) is 8.35.